The molecule has 2 aromatic carbocycles. The van der Waals surface area contributed by atoms with Crippen molar-refractivity contribution in [1.82, 2.24) is 4.98 Å². The molecular weight excluding hydrogens is 347 g/mol. The summed E-state index contributed by atoms with van der Waals surface area (Å²) in [6.07, 6.45) is -1.50. The molecule has 6 heteroatoms. The maximum atomic E-state index is 13.6. The summed E-state index contributed by atoms with van der Waals surface area (Å²) in [6.45, 7) is 0. The molecule has 0 saturated heterocycles. The normalized spacial score (nSPS) is 14.6. The predicted octanol–water partition coefficient (Wildman–Crippen LogP) is 5.11. The lowest BCUT2D eigenvalue weighted by Crippen LogP contribution is -2.43. The largest absolute Gasteiger partial charge is 0.428 e. The average molecular weight is 361 g/mol. The van der Waals surface area contributed by atoms with Crippen molar-refractivity contribution in [2.24, 2.45) is 0 Å². The molecule has 0 saturated carbocycles. The maximum absolute atomic E-state index is 13.6. The van der Waals surface area contributed by atoms with Gasteiger partial charge in [0.2, 0.25) is 5.60 Å². The van der Waals surface area contributed by atoms with Gasteiger partial charge < -0.3 is 5.11 Å². The van der Waals surface area contributed by atoms with E-state index in [2.05, 4.69) is 4.98 Å². The fourth-order valence-corrected chi connectivity index (χ4v) is 3.29. The standard InChI is InChI=1S/C19H14F3NOS/c20-19(21,22)18(24,15-9-5-2-6-10-15)17-23-16(13-25-17)12-11-14-7-3-1-4-8-14/h1-13,24H/b12-11+. The van der Waals surface area contributed by atoms with Crippen LogP contribution < -0.4 is 0 Å². The lowest BCUT2D eigenvalue weighted by Gasteiger charge is -2.28. The van der Waals surface area contributed by atoms with Gasteiger partial charge in [0, 0.05) is 5.38 Å². The molecule has 128 valence electrons. The van der Waals surface area contributed by atoms with E-state index in [0.717, 1.165) is 16.9 Å². The number of halogens is 3. The molecule has 0 radical (unpaired) electrons. The van der Waals surface area contributed by atoms with Crippen LogP contribution in [0, 0.1) is 0 Å². The van der Waals surface area contributed by atoms with Gasteiger partial charge in [0.05, 0.1) is 5.69 Å². The van der Waals surface area contributed by atoms with Gasteiger partial charge in [0.25, 0.3) is 0 Å². The van der Waals surface area contributed by atoms with E-state index >= 15 is 0 Å². The second-order valence-corrected chi connectivity index (χ2v) is 6.25. The van der Waals surface area contributed by atoms with Gasteiger partial charge in [-0.25, -0.2) is 4.98 Å². The van der Waals surface area contributed by atoms with E-state index < -0.39 is 16.8 Å². The number of hydrogen-bond acceptors (Lipinski definition) is 3. The summed E-state index contributed by atoms with van der Waals surface area (Å²) in [4.78, 5) is 4.00. The molecule has 1 heterocycles. The molecule has 1 atom stereocenters. The second kappa shape index (κ2) is 6.82. The van der Waals surface area contributed by atoms with Crippen molar-refractivity contribution < 1.29 is 18.3 Å². The highest BCUT2D eigenvalue weighted by atomic mass is 32.1. The second-order valence-electron chi connectivity index (χ2n) is 5.40. The number of alkyl halides is 3. The van der Waals surface area contributed by atoms with Crippen LogP contribution in [0.25, 0.3) is 12.2 Å². The first kappa shape index (κ1) is 17.4. The van der Waals surface area contributed by atoms with Crippen molar-refractivity contribution in [3.05, 3.63) is 87.9 Å². The molecule has 0 fully saturated rings. The number of rotatable bonds is 4. The molecule has 0 aliphatic heterocycles. The minimum Gasteiger partial charge on any atom is -0.370 e. The van der Waals surface area contributed by atoms with Crippen LogP contribution >= 0.6 is 11.3 Å². The van der Waals surface area contributed by atoms with Crippen molar-refractivity contribution in [3.8, 4) is 0 Å². The number of aliphatic hydroxyl groups is 1. The molecule has 3 rings (SSSR count). The van der Waals surface area contributed by atoms with E-state index in [1.807, 2.05) is 30.3 Å². The van der Waals surface area contributed by atoms with Crippen LogP contribution in [0.1, 0.15) is 21.8 Å². The van der Waals surface area contributed by atoms with Gasteiger partial charge in [0.1, 0.15) is 5.01 Å². The Morgan fingerprint density at radius 1 is 0.880 bits per heavy atom. The third kappa shape index (κ3) is 3.50. The minimum atomic E-state index is -4.88. The van der Waals surface area contributed by atoms with E-state index in [9.17, 15) is 18.3 Å². The predicted molar refractivity (Wildman–Crippen MR) is 93.0 cm³/mol. The minimum absolute atomic E-state index is 0.254. The molecule has 0 amide bonds. The van der Waals surface area contributed by atoms with Gasteiger partial charge in [-0.15, -0.1) is 11.3 Å². The van der Waals surface area contributed by atoms with Crippen LogP contribution in [0.15, 0.2) is 66.0 Å². The van der Waals surface area contributed by atoms with Crippen LogP contribution in [0.4, 0.5) is 13.2 Å². The van der Waals surface area contributed by atoms with E-state index in [-0.39, 0.29) is 5.56 Å². The molecule has 0 aliphatic rings. The van der Waals surface area contributed by atoms with Gasteiger partial charge in [-0.3, -0.25) is 0 Å². The van der Waals surface area contributed by atoms with E-state index in [0.29, 0.717) is 5.69 Å². The highest BCUT2D eigenvalue weighted by molar-refractivity contribution is 7.10. The van der Waals surface area contributed by atoms with E-state index in [1.165, 1.54) is 29.6 Å². The summed E-state index contributed by atoms with van der Waals surface area (Å²) >= 11 is 0.781. The Hall–Kier alpha value is -2.44. The molecule has 0 spiro atoms. The van der Waals surface area contributed by atoms with Gasteiger partial charge in [-0.1, -0.05) is 66.7 Å². The Morgan fingerprint density at radius 2 is 1.48 bits per heavy atom. The van der Waals surface area contributed by atoms with Crippen molar-refractivity contribution in [1.29, 1.82) is 0 Å². The zero-order valence-electron chi connectivity index (χ0n) is 12.9. The fraction of sp³-hybridized carbons (Fsp3) is 0.105. The Morgan fingerprint density at radius 3 is 2.08 bits per heavy atom. The summed E-state index contributed by atoms with van der Waals surface area (Å²) in [7, 11) is 0. The molecule has 1 N–H and O–H groups in total. The monoisotopic (exact) mass is 361 g/mol. The van der Waals surface area contributed by atoms with Crippen LogP contribution in [0.2, 0.25) is 0 Å². The van der Waals surface area contributed by atoms with E-state index in [1.54, 1.807) is 18.2 Å². The average Bonchev–Trinajstić information content (AvgIpc) is 3.09. The Balaban J connectivity index is 1.97. The van der Waals surface area contributed by atoms with Crippen LogP contribution in [0.5, 0.6) is 0 Å². The number of hydrogen-bond donors (Lipinski definition) is 1. The molecule has 1 aromatic heterocycles. The van der Waals surface area contributed by atoms with Gasteiger partial charge in [0.15, 0.2) is 0 Å². The first-order valence-electron chi connectivity index (χ1n) is 7.45. The van der Waals surface area contributed by atoms with E-state index in [4.69, 9.17) is 0 Å². The topological polar surface area (TPSA) is 33.1 Å². The van der Waals surface area contributed by atoms with Gasteiger partial charge in [-0.05, 0) is 17.2 Å². The van der Waals surface area contributed by atoms with Gasteiger partial charge >= 0.3 is 6.18 Å². The van der Waals surface area contributed by atoms with Crippen molar-refractivity contribution in [3.63, 3.8) is 0 Å². The number of benzene rings is 2. The van der Waals surface area contributed by atoms with Crippen molar-refractivity contribution in [2.75, 3.05) is 0 Å². The highest BCUT2D eigenvalue weighted by Crippen LogP contribution is 2.45. The SMILES string of the molecule is OC(c1ccccc1)(c1nc(/C=C/c2ccccc2)cs1)C(F)(F)F. The third-order valence-electron chi connectivity index (χ3n) is 3.68. The zero-order chi connectivity index (χ0) is 17.9. The lowest BCUT2D eigenvalue weighted by atomic mass is 9.94. The molecule has 1 unspecified atom stereocenters. The molecule has 2 nitrogen and oxygen atoms in total. The molecule has 3 aromatic rings. The van der Waals surface area contributed by atoms with Crippen LogP contribution in [-0.2, 0) is 5.60 Å². The summed E-state index contributed by atoms with van der Waals surface area (Å²) in [6, 6.07) is 16.3. The number of nitrogens with zero attached hydrogens (tertiary/aromatic N) is 1. The molecule has 0 bridgehead atoms. The third-order valence-corrected chi connectivity index (χ3v) is 4.65. The first-order chi connectivity index (χ1) is 11.9. The highest BCUT2D eigenvalue weighted by Gasteiger charge is 2.58. The maximum Gasteiger partial charge on any atom is 0.428 e. The smallest absolute Gasteiger partial charge is 0.370 e. The Labute approximate surface area is 146 Å². The summed E-state index contributed by atoms with van der Waals surface area (Å²) < 4.78 is 40.9. The van der Waals surface area contributed by atoms with Crippen LogP contribution in [0.3, 0.4) is 0 Å². The lowest BCUT2D eigenvalue weighted by molar-refractivity contribution is -0.248. The van der Waals surface area contributed by atoms with Gasteiger partial charge in [-0.2, -0.15) is 13.2 Å². The van der Waals surface area contributed by atoms with Crippen molar-refractivity contribution in [2.45, 2.75) is 11.8 Å². The Bertz CT molecular complexity index is 859. The molecule has 0 aliphatic carbocycles. The number of aromatic nitrogens is 1. The van der Waals surface area contributed by atoms with Crippen LogP contribution in [-0.4, -0.2) is 16.3 Å². The quantitative estimate of drug-likeness (QED) is 0.700. The summed E-state index contributed by atoms with van der Waals surface area (Å²) in [5, 5.41) is 11.6. The summed E-state index contributed by atoms with van der Waals surface area (Å²) in [5.74, 6) is 0. The first-order valence-corrected chi connectivity index (χ1v) is 8.33. The zero-order valence-corrected chi connectivity index (χ0v) is 13.8. The number of thiazole rings is 1. The van der Waals surface area contributed by atoms with Crippen molar-refractivity contribution >= 4 is 23.5 Å². The fourth-order valence-electron chi connectivity index (χ4n) is 2.36. The summed E-state index contributed by atoms with van der Waals surface area (Å²) in [5.41, 5.74) is -2.11. The molecule has 25 heavy (non-hydrogen) atoms. The Kier molecular flexibility index (Phi) is 4.74. The molecular formula is C19H14F3NOS.